The molecule has 0 unspecified atom stereocenters. The van der Waals surface area contributed by atoms with Gasteiger partial charge in [-0.1, -0.05) is 6.07 Å². The van der Waals surface area contributed by atoms with Gasteiger partial charge in [-0.15, -0.1) is 0 Å². The Bertz CT molecular complexity index is 1120. The van der Waals surface area contributed by atoms with Crippen LogP contribution in [0.1, 0.15) is 53.2 Å². The number of rotatable bonds is 5. The van der Waals surface area contributed by atoms with Crippen molar-refractivity contribution in [3.8, 4) is 11.5 Å². The standard InChI is InChI=1S/C25H24F3NO4/c26-25(27,28)21-7-5-19-18(20(21)13-29-9-1-2-10-29)6-8-22(19)33-16-3-4-17-15(11-24(30)31)14-32-23(17)12-16/h3-5,7,11-12,22H,1-2,6,8-10,13-14H2,(H,30,31)/b15-11+/t22-/m1/s1. The Morgan fingerprint density at radius 2 is 2.00 bits per heavy atom. The van der Waals surface area contributed by atoms with E-state index in [-0.39, 0.29) is 12.7 Å². The number of fused-ring (bicyclic) bond motifs is 2. The lowest BCUT2D eigenvalue weighted by atomic mass is 9.96. The summed E-state index contributed by atoms with van der Waals surface area (Å²) in [5.74, 6) is 0.0526. The number of carboxylic acid groups (broad SMARTS) is 1. The Morgan fingerprint density at radius 1 is 1.21 bits per heavy atom. The van der Waals surface area contributed by atoms with E-state index >= 15 is 0 Å². The first kappa shape index (κ1) is 21.8. The maximum Gasteiger partial charge on any atom is 0.416 e. The Balaban J connectivity index is 1.42. The van der Waals surface area contributed by atoms with Crippen LogP contribution < -0.4 is 9.47 Å². The molecule has 5 nitrogen and oxygen atoms in total. The third-order valence-corrected chi connectivity index (χ3v) is 6.61. The number of hydrogen-bond donors (Lipinski definition) is 1. The number of hydrogen-bond acceptors (Lipinski definition) is 4. The second-order valence-corrected chi connectivity index (χ2v) is 8.74. The summed E-state index contributed by atoms with van der Waals surface area (Å²) in [6.45, 7) is 2.15. The van der Waals surface area contributed by atoms with Gasteiger partial charge in [0.25, 0.3) is 0 Å². The summed E-state index contributed by atoms with van der Waals surface area (Å²) < 4.78 is 53.1. The fourth-order valence-electron chi connectivity index (χ4n) is 5.10. The number of carbonyl (C=O) groups is 1. The van der Waals surface area contributed by atoms with E-state index in [1.54, 1.807) is 24.3 Å². The van der Waals surface area contributed by atoms with Crippen molar-refractivity contribution < 1.29 is 32.5 Å². The molecule has 0 amide bonds. The lowest BCUT2D eigenvalue weighted by molar-refractivity contribution is -0.138. The van der Waals surface area contributed by atoms with Gasteiger partial charge in [-0.25, -0.2) is 4.79 Å². The average molecular weight is 459 g/mol. The maximum atomic E-state index is 13.8. The molecular weight excluding hydrogens is 435 g/mol. The van der Waals surface area contributed by atoms with Crippen molar-refractivity contribution in [1.29, 1.82) is 0 Å². The molecule has 0 spiro atoms. The second kappa shape index (κ2) is 8.41. The zero-order chi connectivity index (χ0) is 23.2. The summed E-state index contributed by atoms with van der Waals surface area (Å²) in [4.78, 5) is 13.1. The minimum absolute atomic E-state index is 0.178. The second-order valence-electron chi connectivity index (χ2n) is 8.74. The Kier molecular flexibility index (Phi) is 5.56. The van der Waals surface area contributed by atoms with Gasteiger partial charge >= 0.3 is 12.1 Å². The fraction of sp³-hybridized carbons (Fsp3) is 0.400. The molecule has 0 radical (unpaired) electrons. The van der Waals surface area contributed by atoms with Crippen molar-refractivity contribution in [1.82, 2.24) is 4.90 Å². The van der Waals surface area contributed by atoms with Gasteiger partial charge in [0.1, 0.15) is 24.2 Å². The summed E-state index contributed by atoms with van der Waals surface area (Å²) in [5.41, 5.74) is 2.70. The molecular formula is C25H24F3NO4. The highest BCUT2D eigenvalue weighted by atomic mass is 19.4. The van der Waals surface area contributed by atoms with E-state index in [1.807, 2.05) is 0 Å². The number of alkyl halides is 3. The fourth-order valence-corrected chi connectivity index (χ4v) is 5.10. The highest BCUT2D eigenvalue weighted by Crippen LogP contribution is 2.44. The van der Waals surface area contributed by atoms with Crippen molar-refractivity contribution in [2.24, 2.45) is 0 Å². The van der Waals surface area contributed by atoms with Gasteiger partial charge in [0, 0.05) is 29.8 Å². The van der Waals surface area contributed by atoms with Crippen LogP contribution in [0.5, 0.6) is 11.5 Å². The Labute approximate surface area is 189 Å². The van der Waals surface area contributed by atoms with Crippen LogP contribution in [-0.4, -0.2) is 35.7 Å². The van der Waals surface area contributed by atoms with E-state index in [9.17, 15) is 18.0 Å². The van der Waals surface area contributed by atoms with Gasteiger partial charge in [-0.05, 0) is 73.7 Å². The molecule has 1 atom stereocenters. The van der Waals surface area contributed by atoms with E-state index < -0.39 is 17.7 Å². The molecule has 5 rings (SSSR count). The van der Waals surface area contributed by atoms with Crippen LogP contribution >= 0.6 is 0 Å². The largest absolute Gasteiger partial charge is 0.488 e. The number of carboxylic acids is 1. The first-order chi connectivity index (χ1) is 15.8. The average Bonchev–Trinajstić information content (AvgIpc) is 3.48. The lowest BCUT2D eigenvalue weighted by Gasteiger charge is -2.23. The molecule has 1 saturated heterocycles. The third kappa shape index (κ3) is 4.31. The van der Waals surface area contributed by atoms with E-state index in [0.717, 1.165) is 43.1 Å². The first-order valence-corrected chi connectivity index (χ1v) is 11.1. The summed E-state index contributed by atoms with van der Waals surface area (Å²) in [6, 6.07) is 7.97. The van der Waals surface area contributed by atoms with E-state index in [2.05, 4.69) is 4.90 Å². The molecule has 2 aromatic carbocycles. The van der Waals surface area contributed by atoms with E-state index in [4.69, 9.17) is 14.6 Å². The Hall–Kier alpha value is -3.00. The molecule has 2 aliphatic heterocycles. The molecule has 2 aromatic rings. The molecule has 2 heterocycles. The molecule has 0 saturated carbocycles. The molecule has 1 aliphatic carbocycles. The number of halogens is 3. The molecule has 174 valence electrons. The van der Waals surface area contributed by atoms with Crippen molar-refractivity contribution >= 4 is 11.5 Å². The number of nitrogens with zero attached hydrogens (tertiary/aromatic N) is 1. The molecule has 0 bridgehead atoms. The topological polar surface area (TPSA) is 59.0 Å². The highest BCUT2D eigenvalue weighted by Gasteiger charge is 2.38. The maximum absolute atomic E-state index is 13.8. The van der Waals surface area contributed by atoms with Crippen molar-refractivity contribution in [2.45, 2.75) is 44.5 Å². The van der Waals surface area contributed by atoms with Crippen LogP contribution in [0, 0.1) is 0 Å². The van der Waals surface area contributed by atoms with Gasteiger partial charge in [0.2, 0.25) is 0 Å². The van der Waals surface area contributed by atoms with Crippen molar-refractivity contribution in [2.75, 3.05) is 19.7 Å². The summed E-state index contributed by atoms with van der Waals surface area (Å²) in [6.07, 6.45) is -0.418. The molecule has 0 aromatic heterocycles. The van der Waals surface area contributed by atoms with E-state index in [0.29, 0.717) is 47.6 Å². The van der Waals surface area contributed by atoms with Crippen LogP contribution in [0.25, 0.3) is 5.57 Å². The zero-order valence-electron chi connectivity index (χ0n) is 18.0. The predicted molar refractivity (Wildman–Crippen MR) is 115 cm³/mol. The highest BCUT2D eigenvalue weighted by molar-refractivity contribution is 5.92. The monoisotopic (exact) mass is 459 g/mol. The number of likely N-dealkylation sites (tertiary alicyclic amines) is 1. The van der Waals surface area contributed by atoms with Crippen LogP contribution in [0.15, 0.2) is 36.4 Å². The Morgan fingerprint density at radius 3 is 2.73 bits per heavy atom. The van der Waals surface area contributed by atoms with Gasteiger partial charge in [-0.3, -0.25) is 4.90 Å². The summed E-state index contributed by atoms with van der Waals surface area (Å²) >= 11 is 0. The minimum atomic E-state index is -4.39. The molecule has 33 heavy (non-hydrogen) atoms. The molecule has 1 fully saturated rings. The van der Waals surface area contributed by atoms with Crippen LogP contribution in [0.3, 0.4) is 0 Å². The molecule has 3 aliphatic rings. The van der Waals surface area contributed by atoms with Crippen molar-refractivity contribution in [3.05, 3.63) is 64.2 Å². The quantitative estimate of drug-likeness (QED) is 0.621. The van der Waals surface area contributed by atoms with Gasteiger partial charge < -0.3 is 14.6 Å². The van der Waals surface area contributed by atoms with Gasteiger partial charge in [-0.2, -0.15) is 13.2 Å². The molecule has 8 heteroatoms. The SMILES string of the molecule is O=C(O)/C=C1\COc2cc(O[C@@H]3CCc4c3ccc(C(F)(F)F)c4CN3CCCC3)ccc21. The lowest BCUT2D eigenvalue weighted by Crippen LogP contribution is -2.22. The number of ether oxygens (including phenoxy) is 2. The zero-order valence-corrected chi connectivity index (χ0v) is 18.0. The predicted octanol–water partition coefficient (Wildman–Crippen LogP) is 5.23. The number of aliphatic carboxylic acids is 1. The minimum Gasteiger partial charge on any atom is -0.488 e. The van der Waals surface area contributed by atoms with Crippen molar-refractivity contribution in [3.63, 3.8) is 0 Å². The van der Waals surface area contributed by atoms with Crippen LogP contribution in [0.4, 0.5) is 13.2 Å². The van der Waals surface area contributed by atoms with Crippen LogP contribution in [-0.2, 0) is 23.9 Å². The van der Waals surface area contributed by atoms with Crippen LogP contribution in [0.2, 0.25) is 0 Å². The first-order valence-electron chi connectivity index (χ1n) is 11.1. The van der Waals surface area contributed by atoms with Gasteiger partial charge in [0.05, 0.1) is 5.56 Å². The summed E-state index contributed by atoms with van der Waals surface area (Å²) in [5, 5.41) is 8.99. The normalized spacial score (nSPS) is 21.2. The van der Waals surface area contributed by atoms with E-state index in [1.165, 1.54) is 6.07 Å². The summed E-state index contributed by atoms with van der Waals surface area (Å²) in [7, 11) is 0. The molecule has 1 N–H and O–H groups in total. The number of benzene rings is 2. The third-order valence-electron chi connectivity index (χ3n) is 6.61. The smallest absolute Gasteiger partial charge is 0.416 e. The van der Waals surface area contributed by atoms with Gasteiger partial charge in [0.15, 0.2) is 0 Å².